The van der Waals surface area contributed by atoms with Gasteiger partial charge in [0.25, 0.3) is 0 Å². The molecular formula is C21H26N2O2S. The minimum absolute atomic E-state index is 0.0757. The largest absolute Gasteiger partial charge is 0.491 e. The smallest absolute Gasteiger partial charge is 0.171 e. The summed E-state index contributed by atoms with van der Waals surface area (Å²) in [4.78, 5) is 0. The van der Waals surface area contributed by atoms with E-state index < -0.39 is 0 Å². The van der Waals surface area contributed by atoms with Gasteiger partial charge in [0.05, 0.1) is 6.04 Å². The van der Waals surface area contributed by atoms with E-state index in [4.69, 9.17) is 21.7 Å². The zero-order valence-corrected chi connectivity index (χ0v) is 16.4. The fraction of sp³-hybridized carbons (Fsp3) is 0.286. The first-order valence-electron chi connectivity index (χ1n) is 8.59. The minimum atomic E-state index is 0.0757. The van der Waals surface area contributed by atoms with Gasteiger partial charge in [-0.1, -0.05) is 18.7 Å². The lowest BCUT2D eigenvalue weighted by atomic mass is 10.1. The van der Waals surface area contributed by atoms with Crippen molar-refractivity contribution in [3.63, 3.8) is 0 Å². The van der Waals surface area contributed by atoms with E-state index in [0.717, 1.165) is 17.2 Å². The van der Waals surface area contributed by atoms with Crippen molar-refractivity contribution in [3.8, 4) is 11.5 Å². The lowest BCUT2D eigenvalue weighted by Crippen LogP contribution is -2.39. The van der Waals surface area contributed by atoms with Crippen LogP contribution >= 0.6 is 12.2 Å². The van der Waals surface area contributed by atoms with Gasteiger partial charge in [-0.25, -0.2) is 0 Å². The van der Waals surface area contributed by atoms with Gasteiger partial charge in [-0.15, -0.1) is 0 Å². The van der Waals surface area contributed by atoms with Crippen molar-refractivity contribution in [1.82, 2.24) is 5.32 Å². The highest BCUT2D eigenvalue weighted by atomic mass is 32.1. The molecule has 4 nitrogen and oxygen atoms in total. The molecule has 2 rings (SSSR count). The number of nitrogens with one attached hydrogen (secondary N) is 2. The number of aryl methyl sites for hydroxylation is 2. The molecular weight excluding hydrogens is 344 g/mol. The molecule has 2 N–H and O–H groups in total. The van der Waals surface area contributed by atoms with E-state index >= 15 is 0 Å². The van der Waals surface area contributed by atoms with Crippen LogP contribution in [-0.2, 0) is 0 Å². The summed E-state index contributed by atoms with van der Waals surface area (Å²) >= 11 is 5.36. The van der Waals surface area contributed by atoms with Crippen molar-refractivity contribution in [2.45, 2.75) is 26.8 Å². The third-order valence-corrected chi connectivity index (χ3v) is 4.06. The van der Waals surface area contributed by atoms with E-state index in [1.165, 1.54) is 11.1 Å². The van der Waals surface area contributed by atoms with Crippen LogP contribution in [0, 0.1) is 13.8 Å². The van der Waals surface area contributed by atoms with Crippen LogP contribution in [0.2, 0.25) is 0 Å². The molecule has 0 aromatic heterocycles. The summed E-state index contributed by atoms with van der Waals surface area (Å²) in [6.07, 6.45) is 1.71. The second kappa shape index (κ2) is 9.82. The van der Waals surface area contributed by atoms with Crippen LogP contribution < -0.4 is 20.1 Å². The molecule has 1 unspecified atom stereocenters. The summed E-state index contributed by atoms with van der Waals surface area (Å²) in [5.74, 6) is 1.67. The maximum atomic E-state index is 5.83. The average Bonchev–Trinajstić information content (AvgIpc) is 2.62. The first kappa shape index (κ1) is 19.8. The van der Waals surface area contributed by atoms with E-state index in [2.05, 4.69) is 43.2 Å². The van der Waals surface area contributed by atoms with Crippen molar-refractivity contribution < 1.29 is 9.47 Å². The summed E-state index contributed by atoms with van der Waals surface area (Å²) in [5.41, 5.74) is 3.38. The number of rotatable bonds is 8. The molecule has 2 aromatic carbocycles. The summed E-state index contributed by atoms with van der Waals surface area (Å²) in [6.45, 7) is 10.8. The number of benzene rings is 2. The van der Waals surface area contributed by atoms with E-state index in [1.807, 2.05) is 37.3 Å². The fourth-order valence-electron chi connectivity index (χ4n) is 2.25. The Balaban J connectivity index is 1.77. The summed E-state index contributed by atoms with van der Waals surface area (Å²) in [6, 6.07) is 13.8. The molecule has 0 spiro atoms. The van der Waals surface area contributed by atoms with Gasteiger partial charge in [0.1, 0.15) is 24.7 Å². The third kappa shape index (κ3) is 6.41. The van der Waals surface area contributed by atoms with E-state index in [9.17, 15) is 0 Å². The number of hydrogen-bond acceptors (Lipinski definition) is 3. The maximum Gasteiger partial charge on any atom is 0.171 e. The van der Waals surface area contributed by atoms with Gasteiger partial charge >= 0.3 is 0 Å². The first-order chi connectivity index (χ1) is 12.5. The van der Waals surface area contributed by atoms with Gasteiger partial charge in [-0.2, -0.15) is 0 Å². The molecule has 0 radical (unpaired) electrons. The van der Waals surface area contributed by atoms with E-state index in [0.29, 0.717) is 18.3 Å². The molecule has 138 valence electrons. The predicted octanol–water partition coefficient (Wildman–Crippen LogP) is 4.62. The Morgan fingerprint density at radius 3 is 2.42 bits per heavy atom. The molecule has 0 heterocycles. The molecule has 0 saturated carbocycles. The topological polar surface area (TPSA) is 42.5 Å². The number of thiocarbonyl (C=S) groups is 1. The first-order valence-corrected chi connectivity index (χ1v) is 9.00. The van der Waals surface area contributed by atoms with Gasteiger partial charge in [0, 0.05) is 5.69 Å². The SMILES string of the molecule is C=CCOc1ccc(NC(=S)NC(C)COc2ccc(C)c(C)c2)cc1. The van der Waals surface area contributed by atoms with Gasteiger partial charge in [-0.3, -0.25) is 0 Å². The van der Waals surface area contributed by atoms with E-state index in [-0.39, 0.29) is 6.04 Å². The predicted molar refractivity (Wildman–Crippen MR) is 112 cm³/mol. The molecule has 0 saturated heterocycles. The van der Waals surface area contributed by atoms with Gasteiger partial charge in [0.15, 0.2) is 5.11 Å². The van der Waals surface area contributed by atoms with Crippen LogP contribution in [0.4, 0.5) is 5.69 Å². The third-order valence-electron chi connectivity index (χ3n) is 3.84. The van der Waals surface area contributed by atoms with Crippen LogP contribution in [0.1, 0.15) is 18.1 Å². The van der Waals surface area contributed by atoms with Crippen LogP contribution in [0.5, 0.6) is 11.5 Å². The van der Waals surface area contributed by atoms with Crippen LogP contribution in [-0.4, -0.2) is 24.4 Å². The lowest BCUT2D eigenvalue weighted by Gasteiger charge is -2.18. The zero-order valence-electron chi connectivity index (χ0n) is 15.5. The van der Waals surface area contributed by atoms with Crippen molar-refractivity contribution in [1.29, 1.82) is 0 Å². The summed E-state index contributed by atoms with van der Waals surface area (Å²) in [7, 11) is 0. The van der Waals surface area contributed by atoms with Crippen LogP contribution in [0.3, 0.4) is 0 Å². The van der Waals surface area contributed by atoms with Gasteiger partial charge in [0.2, 0.25) is 0 Å². The van der Waals surface area contributed by atoms with Crippen molar-refractivity contribution >= 4 is 23.0 Å². The normalized spacial score (nSPS) is 11.3. The molecule has 26 heavy (non-hydrogen) atoms. The Labute approximate surface area is 161 Å². The van der Waals surface area contributed by atoms with Crippen molar-refractivity contribution in [2.24, 2.45) is 0 Å². The van der Waals surface area contributed by atoms with E-state index in [1.54, 1.807) is 6.08 Å². The highest BCUT2D eigenvalue weighted by Gasteiger charge is 2.06. The van der Waals surface area contributed by atoms with Crippen molar-refractivity contribution in [3.05, 3.63) is 66.2 Å². The zero-order chi connectivity index (χ0) is 18.9. The van der Waals surface area contributed by atoms with Gasteiger partial charge < -0.3 is 20.1 Å². The van der Waals surface area contributed by atoms with Crippen LogP contribution in [0.15, 0.2) is 55.1 Å². The molecule has 2 aromatic rings. The van der Waals surface area contributed by atoms with Crippen molar-refractivity contribution in [2.75, 3.05) is 18.5 Å². The Bertz CT molecular complexity index is 744. The minimum Gasteiger partial charge on any atom is -0.491 e. The number of anilines is 1. The Morgan fingerprint density at radius 1 is 1.08 bits per heavy atom. The Kier molecular flexibility index (Phi) is 7.48. The molecule has 0 amide bonds. The second-order valence-electron chi connectivity index (χ2n) is 6.18. The highest BCUT2D eigenvalue weighted by molar-refractivity contribution is 7.80. The van der Waals surface area contributed by atoms with Crippen LogP contribution in [0.25, 0.3) is 0 Å². The molecule has 0 aliphatic carbocycles. The Morgan fingerprint density at radius 2 is 1.77 bits per heavy atom. The molecule has 0 aliphatic heterocycles. The summed E-state index contributed by atoms with van der Waals surface area (Å²) < 4.78 is 11.3. The molecule has 0 aliphatic rings. The quantitative estimate of drug-likeness (QED) is 0.524. The number of hydrogen-bond donors (Lipinski definition) is 2. The maximum absolute atomic E-state index is 5.83. The Hall–Kier alpha value is -2.53. The molecule has 5 heteroatoms. The second-order valence-corrected chi connectivity index (χ2v) is 6.59. The summed E-state index contributed by atoms with van der Waals surface area (Å²) in [5, 5.41) is 6.94. The molecule has 1 atom stereocenters. The lowest BCUT2D eigenvalue weighted by molar-refractivity contribution is 0.287. The number of ether oxygens (including phenoxy) is 2. The van der Waals surface area contributed by atoms with Gasteiger partial charge in [-0.05, 0) is 80.5 Å². The average molecular weight is 371 g/mol. The molecule has 0 fully saturated rings. The standard InChI is InChI=1S/C21H26N2O2S/c1-5-12-24-19-10-7-18(8-11-19)23-21(26)22-17(4)14-25-20-9-6-15(2)16(3)13-20/h5-11,13,17H,1,12,14H2,2-4H3,(H2,22,23,26). The highest BCUT2D eigenvalue weighted by Crippen LogP contribution is 2.17. The molecule has 0 bridgehead atoms. The fourth-order valence-corrected chi connectivity index (χ4v) is 2.57. The monoisotopic (exact) mass is 370 g/mol.